The van der Waals surface area contributed by atoms with Crippen molar-refractivity contribution in [3.05, 3.63) is 24.0 Å². The van der Waals surface area contributed by atoms with Crippen molar-refractivity contribution in [3.63, 3.8) is 0 Å². The largest absolute Gasteiger partial charge is 0.392 e. The lowest BCUT2D eigenvalue weighted by atomic mass is 10.3. The van der Waals surface area contributed by atoms with E-state index in [1.54, 1.807) is 17.1 Å². The molecule has 0 saturated carbocycles. The molecule has 1 N–H and O–H groups in total. The molecule has 1 rings (SSSR count). The Kier molecular flexibility index (Phi) is 1.87. The van der Waals surface area contributed by atoms with E-state index in [0.29, 0.717) is 0 Å². The third-order valence-electron chi connectivity index (χ3n) is 1.38. The lowest BCUT2D eigenvalue weighted by Crippen LogP contribution is -1.84. The molecule has 0 atom stereocenters. The quantitative estimate of drug-likeness (QED) is 0.656. The van der Waals surface area contributed by atoms with Crippen LogP contribution in [0.5, 0.6) is 0 Å². The Labute approximate surface area is 59.6 Å². The summed E-state index contributed by atoms with van der Waals surface area (Å²) in [4.78, 5) is 0. The average molecular weight is 138 g/mol. The summed E-state index contributed by atoms with van der Waals surface area (Å²) in [6, 6.07) is 0. The molecule has 10 heavy (non-hydrogen) atoms. The van der Waals surface area contributed by atoms with Gasteiger partial charge in [0.2, 0.25) is 0 Å². The standard InChI is InChI=1S/C7H10N2O/c1-3-9-4-7(5-10)6(2)8-9/h3-4,10H,1,5H2,2H3. The van der Waals surface area contributed by atoms with Gasteiger partial charge >= 0.3 is 0 Å². The topological polar surface area (TPSA) is 38.0 Å². The van der Waals surface area contributed by atoms with E-state index in [1.807, 2.05) is 6.92 Å². The van der Waals surface area contributed by atoms with Crippen LogP contribution in [0.15, 0.2) is 12.8 Å². The van der Waals surface area contributed by atoms with Gasteiger partial charge in [0, 0.05) is 18.0 Å². The highest BCUT2D eigenvalue weighted by atomic mass is 16.3. The van der Waals surface area contributed by atoms with Crippen LogP contribution < -0.4 is 0 Å². The van der Waals surface area contributed by atoms with E-state index in [2.05, 4.69) is 11.7 Å². The molecule has 1 heterocycles. The minimum Gasteiger partial charge on any atom is -0.392 e. The Morgan fingerprint density at radius 3 is 2.90 bits per heavy atom. The molecule has 0 saturated heterocycles. The molecule has 1 aromatic heterocycles. The van der Waals surface area contributed by atoms with Gasteiger partial charge < -0.3 is 5.11 Å². The van der Waals surface area contributed by atoms with Crippen molar-refractivity contribution in [2.24, 2.45) is 0 Å². The molecular weight excluding hydrogens is 128 g/mol. The number of rotatable bonds is 2. The predicted molar refractivity (Wildman–Crippen MR) is 39.3 cm³/mol. The lowest BCUT2D eigenvalue weighted by Gasteiger charge is -1.84. The van der Waals surface area contributed by atoms with Gasteiger partial charge in [-0.2, -0.15) is 5.10 Å². The summed E-state index contributed by atoms with van der Waals surface area (Å²) in [5.41, 5.74) is 1.70. The number of aryl methyl sites for hydroxylation is 1. The first-order valence-corrected chi connectivity index (χ1v) is 3.06. The van der Waals surface area contributed by atoms with Crippen molar-refractivity contribution >= 4 is 6.20 Å². The highest BCUT2D eigenvalue weighted by Gasteiger charge is 1.99. The minimum absolute atomic E-state index is 0.0413. The molecule has 0 unspecified atom stereocenters. The van der Waals surface area contributed by atoms with Crippen LogP contribution in [0.1, 0.15) is 11.3 Å². The fourth-order valence-corrected chi connectivity index (χ4v) is 0.768. The molecule has 54 valence electrons. The second-order valence-corrected chi connectivity index (χ2v) is 2.06. The highest BCUT2D eigenvalue weighted by molar-refractivity contribution is 5.22. The molecule has 0 aliphatic carbocycles. The van der Waals surface area contributed by atoms with Crippen LogP contribution in [0.25, 0.3) is 6.20 Å². The van der Waals surface area contributed by atoms with Crippen molar-refractivity contribution in [2.75, 3.05) is 0 Å². The molecule has 0 aliphatic rings. The first-order valence-electron chi connectivity index (χ1n) is 3.06. The van der Waals surface area contributed by atoms with Gasteiger partial charge in [-0.05, 0) is 6.92 Å². The van der Waals surface area contributed by atoms with Gasteiger partial charge in [-0.25, -0.2) is 4.68 Å². The molecule has 0 aromatic carbocycles. The van der Waals surface area contributed by atoms with E-state index >= 15 is 0 Å². The summed E-state index contributed by atoms with van der Waals surface area (Å²) in [5, 5.41) is 12.8. The predicted octanol–water partition coefficient (Wildman–Crippen LogP) is 0.784. The monoisotopic (exact) mass is 138 g/mol. The summed E-state index contributed by atoms with van der Waals surface area (Å²) >= 11 is 0. The number of aromatic nitrogens is 2. The SMILES string of the molecule is C=Cn1cc(CO)c(C)n1. The van der Waals surface area contributed by atoms with Crippen molar-refractivity contribution < 1.29 is 5.11 Å². The molecule has 0 spiro atoms. The maximum atomic E-state index is 8.74. The van der Waals surface area contributed by atoms with Gasteiger partial charge in [0.25, 0.3) is 0 Å². The first-order chi connectivity index (χ1) is 4.77. The fourth-order valence-electron chi connectivity index (χ4n) is 0.768. The van der Waals surface area contributed by atoms with Crippen LogP contribution >= 0.6 is 0 Å². The fraction of sp³-hybridized carbons (Fsp3) is 0.286. The van der Waals surface area contributed by atoms with Crippen molar-refractivity contribution in [1.82, 2.24) is 9.78 Å². The van der Waals surface area contributed by atoms with Crippen LogP contribution in [0.3, 0.4) is 0 Å². The van der Waals surface area contributed by atoms with Crippen LogP contribution in [0.4, 0.5) is 0 Å². The van der Waals surface area contributed by atoms with Gasteiger partial charge in [-0.15, -0.1) is 0 Å². The van der Waals surface area contributed by atoms with Crippen LogP contribution in [-0.4, -0.2) is 14.9 Å². The van der Waals surface area contributed by atoms with Crippen molar-refractivity contribution in [3.8, 4) is 0 Å². The van der Waals surface area contributed by atoms with Crippen molar-refractivity contribution in [2.45, 2.75) is 13.5 Å². The Balaban J connectivity index is 3.03. The Hall–Kier alpha value is -1.09. The third kappa shape index (κ3) is 1.09. The molecule has 0 radical (unpaired) electrons. The lowest BCUT2D eigenvalue weighted by molar-refractivity contribution is 0.281. The van der Waals surface area contributed by atoms with Gasteiger partial charge in [0.1, 0.15) is 0 Å². The number of nitrogens with zero attached hydrogens (tertiary/aromatic N) is 2. The zero-order valence-corrected chi connectivity index (χ0v) is 5.91. The summed E-state index contributed by atoms with van der Waals surface area (Å²) in [6.45, 7) is 5.43. The zero-order chi connectivity index (χ0) is 7.56. The first kappa shape index (κ1) is 7.02. The highest BCUT2D eigenvalue weighted by Crippen LogP contribution is 2.04. The third-order valence-corrected chi connectivity index (χ3v) is 1.38. The molecular formula is C7H10N2O. The van der Waals surface area contributed by atoms with E-state index in [-0.39, 0.29) is 6.61 Å². The molecule has 0 amide bonds. The maximum Gasteiger partial charge on any atom is 0.0715 e. The molecule has 0 aliphatic heterocycles. The summed E-state index contributed by atoms with van der Waals surface area (Å²) in [6.07, 6.45) is 3.34. The molecule has 0 fully saturated rings. The Bertz CT molecular complexity index is 240. The van der Waals surface area contributed by atoms with Crippen LogP contribution in [-0.2, 0) is 6.61 Å². The van der Waals surface area contributed by atoms with Gasteiger partial charge in [0.15, 0.2) is 0 Å². The molecule has 3 nitrogen and oxygen atoms in total. The van der Waals surface area contributed by atoms with Crippen LogP contribution in [0, 0.1) is 6.92 Å². The second kappa shape index (κ2) is 2.66. The Morgan fingerprint density at radius 1 is 1.90 bits per heavy atom. The minimum atomic E-state index is 0.0413. The summed E-state index contributed by atoms with van der Waals surface area (Å²) < 4.78 is 1.58. The van der Waals surface area contributed by atoms with E-state index in [4.69, 9.17) is 5.11 Å². The van der Waals surface area contributed by atoms with E-state index in [9.17, 15) is 0 Å². The second-order valence-electron chi connectivity index (χ2n) is 2.06. The van der Waals surface area contributed by atoms with E-state index in [1.165, 1.54) is 0 Å². The van der Waals surface area contributed by atoms with Gasteiger partial charge in [0.05, 0.1) is 12.3 Å². The van der Waals surface area contributed by atoms with Crippen LogP contribution in [0.2, 0.25) is 0 Å². The molecule has 1 aromatic rings. The van der Waals surface area contributed by atoms with Gasteiger partial charge in [-0.1, -0.05) is 6.58 Å². The smallest absolute Gasteiger partial charge is 0.0715 e. The maximum absolute atomic E-state index is 8.74. The average Bonchev–Trinajstić information content (AvgIpc) is 2.30. The zero-order valence-electron chi connectivity index (χ0n) is 5.91. The van der Waals surface area contributed by atoms with Gasteiger partial charge in [-0.3, -0.25) is 0 Å². The summed E-state index contributed by atoms with van der Waals surface area (Å²) in [5.74, 6) is 0. The number of aliphatic hydroxyl groups excluding tert-OH is 1. The van der Waals surface area contributed by atoms with E-state index < -0.39 is 0 Å². The van der Waals surface area contributed by atoms with E-state index in [0.717, 1.165) is 11.3 Å². The number of hydrogen-bond acceptors (Lipinski definition) is 2. The molecule has 3 heteroatoms. The normalized spacial score (nSPS) is 9.80. The molecule has 0 bridgehead atoms. The van der Waals surface area contributed by atoms with Crippen molar-refractivity contribution in [1.29, 1.82) is 0 Å². The number of aliphatic hydroxyl groups is 1. The number of hydrogen-bond donors (Lipinski definition) is 1. The summed E-state index contributed by atoms with van der Waals surface area (Å²) in [7, 11) is 0. The Morgan fingerprint density at radius 2 is 2.60 bits per heavy atom.